The summed E-state index contributed by atoms with van der Waals surface area (Å²) in [5, 5.41) is 0.703. The Hall–Kier alpha value is -1.20. The third kappa shape index (κ3) is 1.61. The number of hydrogen-bond acceptors (Lipinski definition) is 2. The van der Waals surface area contributed by atoms with Crippen molar-refractivity contribution in [2.24, 2.45) is 12.5 Å². The average molecular weight is 345 g/mol. The molecule has 1 aromatic carbocycles. The fourth-order valence-electron chi connectivity index (χ4n) is 4.02. The molecular weight excluding hydrogens is 333 g/mol. The smallest absolute Gasteiger partial charge is 0.273 e. The van der Waals surface area contributed by atoms with E-state index in [9.17, 15) is 13.6 Å². The first kappa shape index (κ1) is 14.4. The highest BCUT2D eigenvalue weighted by Crippen LogP contribution is 2.74. The van der Waals surface area contributed by atoms with Crippen molar-refractivity contribution in [3.8, 4) is 0 Å². The van der Waals surface area contributed by atoms with E-state index in [4.69, 9.17) is 23.2 Å². The van der Waals surface area contributed by atoms with Gasteiger partial charge in [-0.2, -0.15) is 0 Å². The van der Waals surface area contributed by atoms with Crippen LogP contribution in [0.2, 0.25) is 10.0 Å². The highest BCUT2D eigenvalue weighted by atomic mass is 35.5. The molecule has 0 spiro atoms. The van der Waals surface area contributed by atoms with Crippen LogP contribution >= 0.6 is 23.2 Å². The van der Waals surface area contributed by atoms with Crippen molar-refractivity contribution >= 4 is 34.2 Å². The summed E-state index contributed by atoms with van der Waals surface area (Å²) in [5.74, 6) is 0. The average Bonchev–Trinajstić information content (AvgIpc) is 2.34. The van der Waals surface area contributed by atoms with Gasteiger partial charge in [0.15, 0.2) is 0 Å². The zero-order chi connectivity index (χ0) is 15.9. The largest absolute Gasteiger partial charge is 0.308 e. The Bertz CT molecular complexity index is 858. The molecule has 5 rings (SSSR count). The van der Waals surface area contributed by atoms with Crippen LogP contribution in [0.4, 0.5) is 8.78 Å². The van der Waals surface area contributed by atoms with Crippen molar-refractivity contribution in [1.29, 1.82) is 0 Å². The summed E-state index contributed by atoms with van der Waals surface area (Å²) in [4.78, 5) is 17.0. The van der Waals surface area contributed by atoms with E-state index >= 15 is 0 Å². The molecule has 0 aliphatic heterocycles. The molecule has 3 aliphatic rings. The fraction of sp³-hybridized carbons (Fsp3) is 0.467. The number of rotatable bonds is 2. The maximum Gasteiger partial charge on any atom is 0.273 e. The summed E-state index contributed by atoms with van der Waals surface area (Å²) in [7, 11) is 1.63. The number of aromatic nitrogens is 2. The van der Waals surface area contributed by atoms with Crippen molar-refractivity contribution < 1.29 is 8.78 Å². The van der Waals surface area contributed by atoms with Gasteiger partial charge in [-0.1, -0.05) is 23.2 Å². The summed E-state index contributed by atoms with van der Waals surface area (Å²) in [6.45, 7) is 0. The molecule has 3 nitrogen and oxygen atoms in total. The summed E-state index contributed by atoms with van der Waals surface area (Å²) >= 11 is 12.0. The monoisotopic (exact) mass is 344 g/mol. The maximum absolute atomic E-state index is 13.0. The Labute approximate surface area is 134 Å². The normalized spacial score (nSPS) is 29.5. The van der Waals surface area contributed by atoms with Crippen LogP contribution in [0.1, 0.15) is 25.0 Å². The van der Waals surface area contributed by atoms with E-state index in [1.807, 2.05) is 0 Å². The van der Waals surface area contributed by atoms with Gasteiger partial charge in [-0.25, -0.2) is 13.8 Å². The first-order valence-electron chi connectivity index (χ1n) is 6.92. The van der Waals surface area contributed by atoms with E-state index < -0.39 is 17.3 Å². The van der Waals surface area contributed by atoms with E-state index in [1.165, 1.54) is 4.57 Å². The second-order valence-electron chi connectivity index (χ2n) is 6.55. The zero-order valence-electron chi connectivity index (χ0n) is 11.7. The number of nitrogens with zero attached hydrogens (tertiary/aromatic N) is 2. The van der Waals surface area contributed by atoms with E-state index in [2.05, 4.69) is 4.98 Å². The van der Waals surface area contributed by atoms with Crippen LogP contribution in [0.3, 0.4) is 0 Å². The Morgan fingerprint density at radius 1 is 1.23 bits per heavy atom. The van der Waals surface area contributed by atoms with Crippen LogP contribution < -0.4 is 5.56 Å². The van der Waals surface area contributed by atoms with Gasteiger partial charge in [0.05, 0.1) is 21.1 Å². The van der Waals surface area contributed by atoms with Gasteiger partial charge >= 0.3 is 0 Å². The lowest BCUT2D eigenvalue weighted by atomic mass is 9.34. The van der Waals surface area contributed by atoms with Gasteiger partial charge in [0.25, 0.3) is 5.56 Å². The summed E-state index contributed by atoms with van der Waals surface area (Å²) in [6.07, 6.45) is -1.31. The molecule has 3 aliphatic carbocycles. The Morgan fingerprint density at radius 3 is 2.41 bits per heavy atom. The first-order valence-corrected chi connectivity index (χ1v) is 7.68. The van der Waals surface area contributed by atoms with Crippen LogP contribution in [0.15, 0.2) is 16.9 Å². The Balaban J connectivity index is 1.86. The molecule has 1 heterocycles. The van der Waals surface area contributed by atoms with Crippen LogP contribution in [-0.2, 0) is 12.5 Å². The molecule has 0 unspecified atom stereocenters. The Kier molecular flexibility index (Phi) is 2.75. The predicted molar refractivity (Wildman–Crippen MR) is 81.0 cm³/mol. The molecule has 116 valence electrons. The minimum Gasteiger partial charge on any atom is -0.308 e. The highest BCUT2D eigenvalue weighted by Gasteiger charge is 2.73. The minimum atomic E-state index is -2.33. The molecule has 3 saturated carbocycles. The maximum atomic E-state index is 13.0. The van der Waals surface area contributed by atoms with Crippen molar-refractivity contribution in [3.05, 3.63) is 38.2 Å². The van der Waals surface area contributed by atoms with Gasteiger partial charge in [0.2, 0.25) is 6.43 Å². The molecule has 0 N–H and O–H groups in total. The second-order valence-corrected chi connectivity index (χ2v) is 7.37. The van der Waals surface area contributed by atoms with Gasteiger partial charge < -0.3 is 4.57 Å². The Morgan fingerprint density at radius 2 is 1.82 bits per heavy atom. The summed E-state index contributed by atoms with van der Waals surface area (Å²) in [6, 6.07) is 3.20. The van der Waals surface area contributed by atoms with E-state index in [1.54, 1.807) is 19.2 Å². The molecule has 0 saturated heterocycles. The topological polar surface area (TPSA) is 34.9 Å². The highest BCUT2D eigenvalue weighted by molar-refractivity contribution is 6.42. The van der Waals surface area contributed by atoms with Gasteiger partial charge in [-0.05, 0) is 31.4 Å². The molecule has 0 amide bonds. The van der Waals surface area contributed by atoms with Crippen LogP contribution in [0, 0.1) is 5.41 Å². The van der Waals surface area contributed by atoms with E-state index in [0.717, 1.165) is 0 Å². The zero-order valence-corrected chi connectivity index (χ0v) is 13.2. The standard InChI is InChI=1S/C15H12Cl2F2N2O/c1-21-10-3-8(17)7(16)2-9(10)20-11(12(21)22)14-4-15(5-14,6-14)13(18)19/h2-3,13H,4-6H2,1H3. The molecule has 0 radical (unpaired) electrons. The van der Waals surface area contributed by atoms with Crippen molar-refractivity contribution in [1.82, 2.24) is 9.55 Å². The lowest BCUT2D eigenvalue weighted by Gasteiger charge is -2.69. The predicted octanol–water partition coefficient (Wildman–Crippen LogP) is 3.93. The number of aryl methyl sites for hydroxylation is 1. The van der Waals surface area contributed by atoms with E-state index in [0.29, 0.717) is 46.0 Å². The quantitative estimate of drug-likeness (QED) is 0.827. The first-order chi connectivity index (χ1) is 10.3. The van der Waals surface area contributed by atoms with Crippen LogP contribution in [0.5, 0.6) is 0 Å². The molecule has 7 heteroatoms. The lowest BCUT2D eigenvalue weighted by molar-refractivity contribution is -0.223. The molecular formula is C15H12Cl2F2N2O. The number of fused-ring (bicyclic) bond motifs is 1. The third-order valence-corrected chi connectivity index (χ3v) is 5.88. The van der Waals surface area contributed by atoms with Crippen LogP contribution in [0.25, 0.3) is 11.0 Å². The fourth-order valence-corrected chi connectivity index (χ4v) is 4.33. The summed E-state index contributed by atoms with van der Waals surface area (Å²) in [5.41, 5.74) is -0.0947. The van der Waals surface area contributed by atoms with Gasteiger partial charge in [0.1, 0.15) is 5.69 Å². The number of benzene rings is 1. The molecule has 1 aromatic heterocycles. The van der Waals surface area contributed by atoms with Crippen molar-refractivity contribution in [3.63, 3.8) is 0 Å². The van der Waals surface area contributed by atoms with Crippen molar-refractivity contribution in [2.45, 2.75) is 31.1 Å². The molecule has 2 bridgehead atoms. The number of hydrogen-bond donors (Lipinski definition) is 0. The van der Waals surface area contributed by atoms with Crippen LogP contribution in [-0.4, -0.2) is 16.0 Å². The lowest BCUT2D eigenvalue weighted by Crippen LogP contribution is -2.69. The van der Waals surface area contributed by atoms with Crippen molar-refractivity contribution in [2.75, 3.05) is 0 Å². The summed E-state index contributed by atoms with van der Waals surface area (Å²) < 4.78 is 27.4. The second kappa shape index (κ2) is 4.20. The van der Waals surface area contributed by atoms with E-state index in [-0.39, 0.29) is 5.56 Å². The minimum absolute atomic E-state index is 0.242. The molecule has 2 aromatic rings. The van der Waals surface area contributed by atoms with Gasteiger partial charge in [0, 0.05) is 17.9 Å². The SMILES string of the molecule is Cn1c(=O)c(C23CC(C(F)F)(C2)C3)nc2cc(Cl)c(Cl)cc21. The number of alkyl halides is 2. The molecule has 3 fully saturated rings. The van der Waals surface area contributed by atoms with Gasteiger partial charge in [-0.15, -0.1) is 0 Å². The number of halogens is 4. The molecule has 22 heavy (non-hydrogen) atoms. The molecule has 0 atom stereocenters. The van der Waals surface area contributed by atoms with Gasteiger partial charge in [-0.3, -0.25) is 4.79 Å². The third-order valence-electron chi connectivity index (χ3n) is 5.15.